The normalized spacial score (nSPS) is 10.9. The molecule has 2 aromatic heterocycles. The van der Waals surface area contributed by atoms with Crippen LogP contribution in [-0.2, 0) is 11.2 Å². The minimum absolute atomic E-state index is 0.0318. The number of hydrogen-bond donors (Lipinski definition) is 1. The minimum Gasteiger partial charge on any atom is -0.484 e. The molecule has 2 aromatic carbocycles. The van der Waals surface area contributed by atoms with Gasteiger partial charge in [-0.25, -0.2) is 4.98 Å². The number of fused-ring (bicyclic) bond motifs is 1. The van der Waals surface area contributed by atoms with E-state index < -0.39 is 0 Å². The van der Waals surface area contributed by atoms with Crippen LogP contribution >= 0.6 is 11.3 Å². The second-order valence-corrected chi connectivity index (χ2v) is 7.01. The Balaban J connectivity index is 1.39. The molecule has 1 N–H and O–H groups in total. The van der Waals surface area contributed by atoms with Gasteiger partial charge in [0.1, 0.15) is 5.75 Å². The van der Waals surface area contributed by atoms with Crippen molar-refractivity contribution in [3.8, 4) is 17.0 Å². The lowest BCUT2D eigenvalue weighted by atomic mass is 10.1. The summed E-state index contributed by atoms with van der Waals surface area (Å²) in [4.78, 5) is 17.7. The van der Waals surface area contributed by atoms with Gasteiger partial charge in [-0.1, -0.05) is 31.2 Å². The molecule has 5 nitrogen and oxygen atoms in total. The number of thiazole rings is 1. The Morgan fingerprint density at radius 1 is 1.22 bits per heavy atom. The molecular weight excluding hydrogens is 358 g/mol. The maximum atomic E-state index is 12.2. The predicted octanol–water partition coefficient (Wildman–Crippen LogP) is 4.64. The SMILES string of the molecule is CCc1ccc(OCC(=O)Nc2cccc(-c3cn4ccsc4n3)c2)cc1. The summed E-state index contributed by atoms with van der Waals surface area (Å²) in [7, 11) is 0. The Labute approximate surface area is 161 Å². The quantitative estimate of drug-likeness (QED) is 0.532. The van der Waals surface area contributed by atoms with Crippen molar-refractivity contribution in [1.82, 2.24) is 9.38 Å². The summed E-state index contributed by atoms with van der Waals surface area (Å²) in [6, 6.07) is 15.4. The van der Waals surface area contributed by atoms with Crippen molar-refractivity contribution in [2.45, 2.75) is 13.3 Å². The summed E-state index contributed by atoms with van der Waals surface area (Å²) >= 11 is 1.59. The molecule has 0 aliphatic rings. The number of nitrogens with zero attached hydrogens (tertiary/aromatic N) is 2. The summed E-state index contributed by atoms with van der Waals surface area (Å²) in [6.45, 7) is 2.07. The fraction of sp³-hybridized carbons (Fsp3) is 0.143. The van der Waals surface area contributed by atoms with E-state index in [2.05, 4.69) is 17.2 Å². The van der Waals surface area contributed by atoms with Gasteiger partial charge in [0.25, 0.3) is 5.91 Å². The Bertz CT molecular complexity index is 1040. The van der Waals surface area contributed by atoms with Gasteiger partial charge in [-0.3, -0.25) is 9.20 Å². The lowest BCUT2D eigenvalue weighted by Gasteiger charge is -2.09. The maximum Gasteiger partial charge on any atom is 0.262 e. The molecular formula is C21H19N3O2S. The monoisotopic (exact) mass is 377 g/mol. The van der Waals surface area contributed by atoms with Crippen LogP contribution in [0.2, 0.25) is 0 Å². The van der Waals surface area contributed by atoms with Crippen LogP contribution in [-0.4, -0.2) is 21.9 Å². The number of carbonyl (C=O) groups is 1. The molecule has 136 valence electrons. The number of ether oxygens (including phenoxy) is 1. The van der Waals surface area contributed by atoms with E-state index in [-0.39, 0.29) is 12.5 Å². The zero-order valence-corrected chi connectivity index (χ0v) is 15.7. The highest BCUT2D eigenvalue weighted by molar-refractivity contribution is 7.15. The molecule has 2 heterocycles. The van der Waals surface area contributed by atoms with E-state index in [4.69, 9.17) is 4.74 Å². The smallest absolute Gasteiger partial charge is 0.262 e. The molecule has 4 aromatic rings. The third kappa shape index (κ3) is 4.01. The Kier molecular flexibility index (Phi) is 4.89. The van der Waals surface area contributed by atoms with Crippen LogP contribution in [0, 0.1) is 0 Å². The first-order valence-electron chi connectivity index (χ1n) is 8.75. The zero-order chi connectivity index (χ0) is 18.6. The number of imidazole rings is 1. The standard InChI is InChI=1S/C21H19N3O2S/c1-2-15-6-8-18(9-7-15)26-14-20(25)22-17-5-3-4-16(12-17)19-13-24-10-11-27-21(24)23-19/h3-13H,2,14H2,1H3,(H,22,25). The van der Waals surface area contributed by atoms with Crippen molar-refractivity contribution >= 4 is 27.9 Å². The summed E-state index contributed by atoms with van der Waals surface area (Å²) < 4.78 is 7.55. The largest absolute Gasteiger partial charge is 0.484 e. The Morgan fingerprint density at radius 2 is 2.07 bits per heavy atom. The fourth-order valence-electron chi connectivity index (χ4n) is 2.79. The van der Waals surface area contributed by atoms with E-state index in [9.17, 15) is 4.79 Å². The summed E-state index contributed by atoms with van der Waals surface area (Å²) in [5, 5.41) is 4.88. The van der Waals surface area contributed by atoms with E-state index in [0.29, 0.717) is 5.75 Å². The third-order valence-corrected chi connectivity index (χ3v) is 5.01. The van der Waals surface area contributed by atoms with Crippen molar-refractivity contribution in [2.24, 2.45) is 0 Å². The highest BCUT2D eigenvalue weighted by Gasteiger charge is 2.08. The molecule has 0 aliphatic heterocycles. The van der Waals surface area contributed by atoms with Gasteiger partial charge in [-0.2, -0.15) is 0 Å². The lowest BCUT2D eigenvalue weighted by molar-refractivity contribution is -0.118. The topological polar surface area (TPSA) is 55.6 Å². The number of aromatic nitrogens is 2. The number of nitrogens with one attached hydrogen (secondary N) is 1. The van der Waals surface area contributed by atoms with Crippen molar-refractivity contribution in [1.29, 1.82) is 0 Å². The first-order chi connectivity index (χ1) is 13.2. The van der Waals surface area contributed by atoms with E-state index >= 15 is 0 Å². The highest BCUT2D eigenvalue weighted by atomic mass is 32.1. The van der Waals surface area contributed by atoms with Crippen LogP contribution in [0.3, 0.4) is 0 Å². The lowest BCUT2D eigenvalue weighted by Crippen LogP contribution is -2.20. The summed E-state index contributed by atoms with van der Waals surface area (Å²) in [6.07, 6.45) is 4.94. The van der Waals surface area contributed by atoms with Gasteiger partial charge >= 0.3 is 0 Å². The molecule has 0 atom stereocenters. The van der Waals surface area contributed by atoms with E-state index in [1.54, 1.807) is 11.3 Å². The molecule has 0 saturated heterocycles. The zero-order valence-electron chi connectivity index (χ0n) is 14.9. The van der Waals surface area contributed by atoms with Crippen molar-refractivity contribution in [3.63, 3.8) is 0 Å². The van der Waals surface area contributed by atoms with Crippen molar-refractivity contribution < 1.29 is 9.53 Å². The highest BCUT2D eigenvalue weighted by Crippen LogP contribution is 2.24. The van der Waals surface area contributed by atoms with Crippen LogP contribution in [0.1, 0.15) is 12.5 Å². The summed E-state index contributed by atoms with van der Waals surface area (Å²) in [5.41, 5.74) is 3.80. The van der Waals surface area contributed by atoms with Crippen LogP contribution in [0.15, 0.2) is 66.3 Å². The van der Waals surface area contributed by atoms with Gasteiger partial charge in [-0.05, 0) is 36.2 Å². The van der Waals surface area contributed by atoms with Gasteiger partial charge in [-0.15, -0.1) is 11.3 Å². The molecule has 0 bridgehead atoms. The maximum absolute atomic E-state index is 12.2. The number of anilines is 1. The molecule has 1 amide bonds. The van der Waals surface area contributed by atoms with Crippen molar-refractivity contribution in [3.05, 3.63) is 71.9 Å². The van der Waals surface area contributed by atoms with Crippen LogP contribution in [0.25, 0.3) is 16.2 Å². The van der Waals surface area contributed by atoms with Gasteiger partial charge in [0.2, 0.25) is 0 Å². The minimum atomic E-state index is -0.197. The van der Waals surface area contributed by atoms with E-state index in [1.165, 1.54) is 5.56 Å². The van der Waals surface area contributed by atoms with Crippen LogP contribution < -0.4 is 10.1 Å². The van der Waals surface area contributed by atoms with E-state index in [1.807, 2.05) is 70.7 Å². The number of carbonyl (C=O) groups excluding carboxylic acids is 1. The molecule has 0 saturated carbocycles. The fourth-order valence-corrected chi connectivity index (χ4v) is 3.49. The first kappa shape index (κ1) is 17.3. The van der Waals surface area contributed by atoms with Crippen molar-refractivity contribution in [2.75, 3.05) is 11.9 Å². The van der Waals surface area contributed by atoms with Gasteiger partial charge < -0.3 is 10.1 Å². The molecule has 0 radical (unpaired) electrons. The average molecular weight is 377 g/mol. The average Bonchev–Trinajstić information content (AvgIpc) is 3.29. The number of benzene rings is 2. The number of aryl methyl sites for hydroxylation is 1. The first-order valence-corrected chi connectivity index (χ1v) is 9.63. The molecule has 0 fully saturated rings. The molecule has 4 rings (SSSR count). The van der Waals surface area contributed by atoms with Gasteiger partial charge in [0.15, 0.2) is 11.6 Å². The number of amides is 1. The van der Waals surface area contributed by atoms with Crippen LogP contribution in [0.4, 0.5) is 5.69 Å². The number of rotatable bonds is 6. The molecule has 6 heteroatoms. The van der Waals surface area contributed by atoms with Gasteiger partial charge in [0.05, 0.1) is 5.69 Å². The van der Waals surface area contributed by atoms with Gasteiger partial charge in [0, 0.05) is 29.0 Å². The molecule has 27 heavy (non-hydrogen) atoms. The van der Waals surface area contributed by atoms with Crippen LogP contribution in [0.5, 0.6) is 5.75 Å². The summed E-state index contributed by atoms with van der Waals surface area (Å²) in [5.74, 6) is 0.492. The predicted molar refractivity (Wildman–Crippen MR) is 108 cm³/mol. The second-order valence-electron chi connectivity index (χ2n) is 6.13. The van der Waals surface area contributed by atoms with E-state index in [0.717, 1.165) is 28.3 Å². The number of hydrogen-bond acceptors (Lipinski definition) is 4. The molecule has 0 aliphatic carbocycles. The molecule has 0 unspecified atom stereocenters. The Hall–Kier alpha value is -3.12. The third-order valence-electron chi connectivity index (χ3n) is 4.24. The Morgan fingerprint density at radius 3 is 2.85 bits per heavy atom. The molecule has 0 spiro atoms. The second kappa shape index (κ2) is 7.63.